The van der Waals surface area contributed by atoms with Crippen LogP contribution in [0, 0.1) is 16.0 Å². The number of carbonyl (C=O) groups excluding carboxylic acids is 3. The molecule has 3 rings (SSSR count). The van der Waals surface area contributed by atoms with Crippen molar-refractivity contribution < 1.29 is 19.3 Å². The van der Waals surface area contributed by atoms with Gasteiger partial charge in [0.2, 0.25) is 11.0 Å². The number of carbonyl (C=O) groups is 3. The summed E-state index contributed by atoms with van der Waals surface area (Å²) in [5.74, 6) is -1.86. The highest BCUT2D eigenvalue weighted by Gasteiger charge is 2.41. The summed E-state index contributed by atoms with van der Waals surface area (Å²) in [5.41, 5.74) is -0.844. The molecule has 0 aliphatic carbocycles. The zero-order valence-corrected chi connectivity index (χ0v) is 15.3. The summed E-state index contributed by atoms with van der Waals surface area (Å²) in [5, 5.41) is 22.4. The van der Waals surface area contributed by atoms with Crippen molar-refractivity contribution in [3.63, 3.8) is 0 Å². The molecule has 1 N–H and O–H groups in total. The van der Waals surface area contributed by atoms with E-state index in [1.165, 1.54) is 23.5 Å². The Morgan fingerprint density at radius 1 is 1.30 bits per heavy atom. The van der Waals surface area contributed by atoms with E-state index in [4.69, 9.17) is 0 Å². The van der Waals surface area contributed by atoms with Gasteiger partial charge in [-0.1, -0.05) is 31.3 Å². The highest BCUT2D eigenvalue weighted by Crippen LogP contribution is 2.30. The molecule has 0 atom stereocenters. The van der Waals surface area contributed by atoms with Crippen LogP contribution in [0.25, 0.3) is 0 Å². The molecule has 0 bridgehead atoms. The van der Waals surface area contributed by atoms with Gasteiger partial charge in [0.15, 0.2) is 0 Å². The molecular weight excluding hydrogens is 374 g/mol. The number of fused-ring (bicyclic) bond motifs is 1. The average molecular weight is 389 g/mol. The van der Waals surface area contributed by atoms with E-state index < -0.39 is 34.9 Å². The van der Waals surface area contributed by atoms with Crippen molar-refractivity contribution in [2.75, 3.05) is 11.9 Å². The van der Waals surface area contributed by atoms with E-state index in [9.17, 15) is 24.5 Å². The molecule has 1 aromatic heterocycles. The van der Waals surface area contributed by atoms with Gasteiger partial charge < -0.3 is 0 Å². The van der Waals surface area contributed by atoms with Gasteiger partial charge in [-0.25, -0.2) is 0 Å². The number of nitro benzene ring substituents is 1. The first kappa shape index (κ1) is 18.6. The van der Waals surface area contributed by atoms with Crippen LogP contribution in [0.5, 0.6) is 0 Å². The minimum Gasteiger partial charge on any atom is -0.299 e. The highest BCUT2D eigenvalue weighted by molar-refractivity contribution is 7.15. The summed E-state index contributed by atoms with van der Waals surface area (Å²) >= 11 is 1.21. The van der Waals surface area contributed by atoms with Gasteiger partial charge >= 0.3 is 0 Å². The minimum atomic E-state index is -0.866. The molecule has 0 unspecified atom stereocenters. The normalized spacial score (nSPS) is 13.2. The Hall–Kier alpha value is -3.21. The second-order valence-electron chi connectivity index (χ2n) is 6.30. The molecule has 3 amide bonds. The third-order valence-corrected chi connectivity index (χ3v) is 4.63. The molecule has 0 spiro atoms. The van der Waals surface area contributed by atoms with E-state index in [0.717, 1.165) is 17.5 Å². The van der Waals surface area contributed by atoms with Crippen molar-refractivity contribution in [1.82, 2.24) is 15.1 Å². The third-order valence-electron chi connectivity index (χ3n) is 3.77. The number of benzene rings is 1. The van der Waals surface area contributed by atoms with Crippen molar-refractivity contribution in [1.29, 1.82) is 0 Å². The number of aromatic nitrogens is 2. The number of hydrogen-bond acceptors (Lipinski definition) is 8. The van der Waals surface area contributed by atoms with E-state index in [1.807, 2.05) is 13.8 Å². The molecule has 0 saturated heterocycles. The van der Waals surface area contributed by atoms with Crippen LogP contribution >= 0.6 is 11.3 Å². The first-order chi connectivity index (χ1) is 12.8. The molecule has 1 aliphatic heterocycles. The summed E-state index contributed by atoms with van der Waals surface area (Å²) < 4.78 is 0. The summed E-state index contributed by atoms with van der Waals surface area (Å²) in [6, 6.07) is 3.79. The van der Waals surface area contributed by atoms with E-state index in [1.54, 1.807) is 0 Å². The molecular formula is C16H15N5O5S. The van der Waals surface area contributed by atoms with Gasteiger partial charge in [-0.15, -0.1) is 10.2 Å². The molecule has 2 aromatic rings. The van der Waals surface area contributed by atoms with E-state index in [-0.39, 0.29) is 16.3 Å². The lowest BCUT2D eigenvalue weighted by Gasteiger charge is -2.12. The number of rotatable bonds is 6. The van der Waals surface area contributed by atoms with Crippen LogP contribution < -0.4 is 5.32 Å². The summed E-state index contributed by atoms with van der Waals surface area (Å²) in [6.07, 6.45) is 0.718. The Labute approximate surface area is 157 Å². The SMILES string of the molecule is CC(C)Cc1nnc(NC(=O)CN2C(=O)c3cccc([N+](=O)[O-])c3C2=O)s1. The number of anilines is 1. The van der Waals surface area contributed by atoms with E-state index in [0.29, 0.717) is 10.8 Å². The Morgan fingerprint density at radius 3 is 2.70 bits per heavy atom. The molecule has 1 aliphatic rings. The predicted molar refractivity (Wildman–Crippen MR) is 95.5 cm³/mol. The van der Waals surface area contributed by atoms with Crippen molar-refractivity contribution in [2.45, 2.75) is 20.3 Å². The summed E-state index contributed by atoms with van der Waals surface area (Å²) in [6.45, 7) is 3.49. The first-order valence-electron chi connectivity index (χ1n) is 8.03. The lowest BCUT2D eigenvalue weighted by atomic mass is 10.1. The topological polar surface area (TPSA) is 135 Å². The maximum Gasteiger partial charge on any atom is 0.282 e. The average Bonchev–Trinajstić information content (AvgIpc) is 3.12. The second-order valence-corrected chi connectivity index (χ2v) is 7.36. The van der Waals surface area contributed by atoms with Crippen LogP contribution in [0.4, 0.5) is 10.8 Å². The van der Waals surface area contributed by atoms with Crippen molar-refractivity contribution >= 4 is 39.9 Å². The fraction of sp³-hybridized carbons (Fsp3) is 0.312. The lowest BCUT2D eigenvalue weighted by molar-refractivity contribution is -0.385. The smallest absolute Gasteiger partial charge is 0.282 e. The van der Waals surface area contributed by atoms with Crippen LogP contribution in [0.3, 0.4) is 0 Å². The molecule has 10 nitrogen and oxygen atoms in total. The summed E-state index contributed by atoms with van der Waals surface area (Å²) in [4.78, 5) is 48.1. The maximum atomic E-state index is 12.4. The van der Waals surface area contributed by atoms with E-state index in [2.05, 4.69) is 15.5 Å². The fourth-order valence-corrected chi connectivity index (χ4v) is 3.62. The number of nitro groups is 1. The number of imide groups is 1. The number of nitrogens with one attached hydrogen (secondary N) is 1. The van der Waals surface area contributed by atoms with Crippen LogP contribution in [0.15, 0.2) is 18.2 Å². The third kappa shape index (κ3) is 3.67. The van der Waals surface area contributed by atoms with Crippen molar-refractivity contribution in [2.24, 2.45) is 5.92 Å². The number of hydrogen-bond donors (Lipinski definition) is 1. The number of amides is 3. The minimum absolute atomic E-state index is 0.0860. The monoisotopic (exact) mass is 389 g/mol. The van der Waals surface area contributed by atoms with Crippen LogP contribution in [-0.2, 0) is 11.2 Å². The van der Waals surface area contributed by atoms with Crippen LogP contribution in [0.1, 0.15) is 39.6 Å². The van der Waals surface area contributed by atoms with Crippen molar-refractivity contribution in [3.8, 4) is 0 Å². The molecule has 27 heavy (non-hydrogen) atoms. The van der Waals surface area contributed by atoms with Gasteiger partial charge in [0.25, 0.3) is 17.5 Å². The standard InChI is InChI=1S/C16H15N5O5S/c1-8(2)6-12-18-19-16(27-12)17-11(22)7-20-14(23)9-4-3-5-10(21(25)26)13(9)15(20)24/h3-5,8H,6-7H2,1-2H3,(H,17,19,22). The van der Waals surface area contributed by atoms with Crippen molar-refractivity contribution in [3.05, 3.63) is 44.4 Å². The quantitative estimate of drug-likeness (QED) is 0.452. The van der Waals surface area contributed by atoms with Gasteiger partial charge in [-0.3, -0.25) is 34.7 Å². The second kappa shape index (κ2) is 7.19. The maximum absolute atomic E-state index is 12.4. The first-order valence-corrected chi connectivity index (χ1v) is 8.85. The van der Waals surface area contributed by atoms with Gasteiger partial charge in [-0.2, -0.15) is 0 Å². The molecule has 11 heteroatoms. The molecule has 0 radical (unpaired) electrons. The number of nitrogens with zero attached hydrogens (tertiary/aromatic N) is 4. The zero-order chi connectivity index (χ0) is 19.7. The largest absolute Gasteiger partial charge is 0.299 e. The Bertz CT molecular complexity index is 954. The zero-order valence-electron chi connectivity index (χ0n) is 14.5. The van der Waals surface area contributed by atoms with Gasteiger partial charge in [-0.05, 0) is 12.0 Å². The lowest BCUT2D eigenvalue weighted by Crippen LogP contribution is -2.37. The highest BCUT2D eigenvalue weighted by atomic mass is 32.1. The van der Waals surface area contributed by atoms with Gasteiger partial charge in [0.1, 0.15) is 17.1 Å². The van der Waals surface area contributed by atoms with Crippen LogP contribution in [-0.4, -0.2) is 44.3 Å². The van der Waals surface area contributed by atoms with Gasteiger partial charge in [0.05, 0.1) is 10.5 Å². The molecule has 2 heterocycles. The molecule has 140 valence electrons. The Balaban J connectivity index is 1.73. The molecule has 0 saturated carbocycles. The molecule has 0 fully saturated rings. The Kier molecular flexibility index (Phi) is 4.95. The Morgan fingerprint density at radius 2 is 2.04 bits per heavy atom. The predicted octanol–water partition coefficient (Wildman–Crippen LogP) is 1.88. The fourth-order valence-electron chi connectivity index (χ4n) is 2.65. The van der Waals surface area contributed by atoms with E-state index >= 15 is 0 Å². The van der Waals surface area contributed by atoms with Crippen LogP contribution in [0.2, 0.25) is 0 Å². The molecule has 1 aromatic carbocycles. The summed E-state index contributed by atoms with van der Waals surface area (Å²) in [7, 11) is 0. The van der Waals surface area contributed by atoms with Gasteiger partial charge in [0, 0.05) is 12.5 Å².